The molecular weight excluding hydrogens is 84.1 g/mol. The summed E-state index contributed by atoms with van der Waals surface area (Å²) in [5, 5.41) is 0. The topological polar surface area (TPSA) is 0 Å². The fourth-order valence-corrected chi connectivity index (χ4v) is 1.60. The Labute approximate surface area is 44.9 Å². The van der Waals surface area contributed by atoms with Crippen molar-refractivity contribution in [1.29, 1.82) is 0 Å². The maximum atomic E-state index is 3.86. The maximum absolute atomic E-state index is 3.86. The molecule has 2 saturated carbocycles. The van der Waals surface area contributed by atoms with Crippen molar-refractivity contribution in [2.24, 2.45) is 11.8 Å². The van der Waals surface area contributed by atoms with E-state index in [9.17, 15) is 0 Å². The summed E-state index contributed by atoms with van der Waals surface area (Å²) in [4.78, 5) is 0. The Morgan fingerprint density at radius 3 is 2.71 bits per heavy atom. The normalized spacial score (nSPS) is 47.6. The van der Waals surface area contributed by atoms with Gasteiger partial charge in [0.05, 0.1) is 0 Å². The molecular formula is C7H10. The van der Waals surface area contributed by atoms with Gasteiger partial charge in [0.1, 0.15) is 0 Å². The third-order valence-corrected chi connectivity index (χ3v) is 2.29. The Morgan fingerprint density at radius 1 is 1.71 bits per heavy atom. The Morgan fingerprint density at radius 2 is 2.57 bits per heavy atom. The van der Waals surface area contributed by atoms with Gasteiger partial charge in [-0.25, -0.2) is 0 Å². The molecule has 0 aromatic rings. The van der Waals surface area contributed by atoms with E-state index in [-0.39, 0.29) is 0 Å². The van der Waals surface area contributed by atoms with E-state index in [1.807, 2.05) is 5.92 Å². The van der Waals surface area contributed by atoms with Crippen LogP contribution >= 0.6 is 0 Å². The van der Waals surface area contributed by atoms with E-state index >= 15 is 0 Å². The van der Waals surface area contributed by atoms with Crippen molar-refractivity contribution < 1.29 is 0 Å². The van der Waals surface area contributed by atoms with Gasteiger partial charge in [-0.05, 0) is 37.0 Å². The molecule has 0 amide bonds. The summed E-state index contributed by atoms with van der Waals surface area (Å²) in [6, 6.07) is 0. The van der Waals surface area contributed by atoms with Crippen LogP contribution in [0, 0.1) is 24.7 Å². The summed E-state index contributed by atoms with van der Waals surface area (Å²) in [6.45, 7) is 3.86. The fourth-order valence-electron chi connectivity index (χ4n) is 1.60. The molecule has 0 heteroatoms. The number of rotatable bonds is 1. The summed E-state index contributed by atoms with van der Waals surface area (Å²) < 4.78 is 0. The highest BCUT2D eigenvalue weighted by Gasteiger charge is 2.52. The molecule has 2 rings (SSSR count). The van der Waals surface area contributed by atoms with Gasteiger partial charge in [0.25, 0.3) is 0 Å². The first-order chi connectivity index (χ1) is 3.42. The van der Waals surface area contributed by atoms with Crippen LogP contribution in [-0.4, -0.2) is 0 Å². The monoisotopic (exact) mass is 94.1 g/mol. The third-order valence-electron chi connectivity index (χ3n) is 2.29. The zero-order valence-corrected chi connectivity index (χ0v) is 4.48. The van der Waals surface area contributed by atoms with Crippen LogP contribution in [0.5, 0.6) is 0 Å². The minimum atomic E-state index is 0.963. The van der Waals surface area contributed by atoms with Gasteiger partial charge >= 0.3 is 0 Å². The van der Waals surface area contributed by atoms with Crippen LogP contribution in [0.25, 0.3) is 0 Å². The van der Waals surface area contributed by atoms with Crippen molar-refractivity contribution in [3.8, 4) is 0 Å². The molecule has 2 fully saturated rings. The summed E-state index contributed by atoms with van der Waals surface area (Å²) in [7, 11) is 0. The largest absolute Gasteiger partial charge is 0.0530 e. The molecule has 2 aliphatic carbocycles. The molecule has 38 valence electrons. The van der Waals surface area contributed by atoms with Crippen LogP contribution < -0.4 is 0 Å². The summed E-state index contributed by atoms with van der Waals surface area (Å²) in [5.74, 6) is 3.88. The van der Waals surface area contributed by atoms with Crippen molar-refractivity contribution in [1.82, 2.24) is 0 Å². The van der Waals surface area contributed by atoms with E-state index in [2.05, 4.69) is 6.92 Å². The van der Waals surface area contributed by atoms with Crippen molar-refractivity contribution in [2.75, 3.05) is 0 Å². The summed E-state index contributed by atoms with van der Waals surface area (Å²) in [6.07, 6.45) is 4.09. The molecule has 7 heavy (non-hydrogen) atoms. The Hall–Kier alpha value is 0. The molecule has 0 bridgehead atoms. The smallest absolute Gasteiger partial charge is 0.0176 e. The molecule has 0 nitrogen and oxygen atoms in total. The lowest BCUT2D eigenvalue weighted by Gasteiger charge is -2.21. The highest BCUT2D eigenvalue weighted by molar-refractivity contribution is 5.27. The van der Waals surface area contributed by atoms with Gasteiger partial charge in [-0.2, -0.15) is 0 Å². The van der Waals surface area contributed by atoms with Crippen molar-refractivity contribution in [3.05, 3.63) is 12.8 Å². The second-order valence-corrected chi connectivity index (χ2v) is 2.70. The summed E-state index contributed by atoms with van der Waals surface area (Å²) in [5.41, 5.74) is 0. The van der Waals surface area contributed by atoms with Gasteiger partial charge in [0.15, 0.2) is 0 Å². The van der Waals surface area contributed by atoms with Crippen LogP contribution in [-0.2, 0) is 0 Å². The van der Waals surface area contributed by atoms with Crippen molar-refractivity contribution in [2.45, 2.75) is 19.3 Å². The highest BCUT2D eigenvalue weighted by atomic mass is 14.6. The predicted octanol–water partition coefficient (Wildman–Crippen LogP) is 1.82. The average molecular weight is 94.2 g/mol. The highest BCUT2D eigenvalue weighted by Crippen LogP contribution is 2.62. The second-order valence-electron chi connectivity index (χ2n) is 2.70. The molecule has 0 aromatic carbocycles. The second kappa shape index (κ2) is 1.04. The number of fused-ring (bicyclic) bond motifs is 1. The zero-order chi connectivity index (χ0) is 4.85. The predicted molar refractivity (Wildman–Crippen MR) is 29.4 cm³/mol. The van der Waals surface area contributed by atoms with E-state index in [1.54, 1.807) is 0 Å². The fraction of sp³-hybridized carbons (Fsp3) is 0.714. The van der Waals surface area contributed by atoms with Gasteiger partial charge in [0.2, 0.25) is 0 Å². The van der Waals surface area contributed by atoms with E-state index in [1.165, 1.54) is 12.8 Å². The lowest BCUT2D eigenvalue weighted by Crippen LogP contribution is -2.11. The molecule has 2 atom stereocenters. The minimum Gasteiger partial charge on any atom is -0.0530 e. The summed E-state index contributed by atoms with van der Waals surface area (Å²) >= 11 is 0. The SMILES string of the molecule is [CH2]CC1CC2C[C]12. The van der Waals surface area contributed by atoms with Gasteiger partial charge in [0, 0.05) is 0 Å². The molecule has 0 aromatic heterocycles. The standard InChI is InChI=1S/C7H10/c1-2-5-3-6-4-7(5)6/h5-6H,1-4H2. The van der Waals surface area contributed by atoms with E-state index in [0.717, 1.165) is 18.3 Å². The van der Waals surface area contributed by atoms with E-state index < -0.39 is 0 Å². The lowest BCUT2D eigenvalue weighted by molar-refractivity contribution is 0.422. The zero-order valence-electron chi connectivity index (χ0n) is 4.48. The molecule has 0 N–H and O–H groups in total. The van der Waals surface area contributed by atoms with Crippen LogP contribution in [0.3, 0.4) is 0 Å². The quantitative estimate of drug-likeness (QED) is 0.465. The third kappa shape index (κ3) is 0.375. The first-order valence-electron chi connectivity index (χ1n) is 3.06. The van der Waals surface area contributed by atoms with Crippen LogP contribution in [0.4, 0.5) is 0 Å². The number of hydrogen-bond donors (Lipinski definition) is 0. The Balaban J connectivity index is 1.92. The molecule has 0 saturated heterocycles. The lowest BCUT2D eigenvalue weighted by atomic mass is 9.84. The Kier molecular flexibility index (Phi) is 0.586. The van der Waals surface area contributed by atoms with Gasteiger partial charge < -0.3 is 0 Å². The molecule has 2 unspecified atom stereocenters. The van der Waals surface area contributed by atoms with Gasteiger partial charge in [-0.15, -0.1) is 0 Å². The van der Waals surface area contributed by atoms with Crippen LogP contribution in [0.15, 0.2) is 0 Å². The average Bonchev–Trinajstić information content (AvgIpc) is 2.18. The van der Waals surface area contributed by atoms with Gasteiger partial charge in [-0.1, -0.05) is 6.92 Å². The Bertz CT molecular complexity index is 86.0. The van der Waals surface area contributed by atoms with E-state index in [0.29, 0.717) is 0 Å². The van der Waals surface area contributed by atoms with Gasteiger partial charge in [-0.3, -0.25) is 0 Å². The maximum Gasteiger partial charge on any atom is -0.0176 e. The molecule has 2 radical (unpaired) electrons. The molecule has 0 spiro atoms. The molecule has 0 heterocycles. The van der Waals surface area contributed by atoms with E-state index in [4.69, 9.17) is 0 Å². The van der Waals surface area contributed by atoms with Crippen molar-refractivity contribution >= 4 is 0 Å². The first-order valence-corrected chi connectivity index (χ1v) is 3.06. The first kappa shape index (κ1) is 3.94. The minimum absolute atomic E-state index is 0.963. The van der Waals surface area contributed by atoms with Crippen LogP contribution in [0.2, 0.25) is 0 Å². The van der Waals surface area contributed by atoms with Crippen molar-refractivity contribution in [3.63, 3.8) is 0 Å². The van der Waals surface area contributed by atoms with Crippen LogP contribution in [0.1, 0.15) is 19.3 Å². The number of hydrogen-bond acceptors (Lipinski definition) is 0. The molecule has 0 aliphatic heterocycles. The molecule has 2 aliphatic rings.